The molecule has 6 heteroatoms. The first-order chi connectivity index (χ1) is 10.7. The highest BCUT2D eigenvalue weighted by Crippen LogP contribution is 2.44. The molecule has 0 unspecified atom stereocenters. The minimum atomic E-state index is -0.236. The lowest BCUT2D eigenvalue weighted by Crippen LogP contribution is -2.06. The predicted octanol–water partition coefficient (Wildman–Crippen LogP) is 3.21. The average molecular weight is 312 g/mol. The van der Waals surface area contributed by atoms with Crippen LogP contribution in [0.25, 0.3) is 21.1 Å². The van der Waals surface area contributed by atoms with Crippen LogP contribution in [0.3, 0.4) is 0 Å². The molecule has 1 aromatic carbocycles. The fourth-order valence-electron chi connectivity index (χ4n) is 2.91. The minimum Gasteiger partial charge on any atom is -0.505 e. The molecule has 5 nitrogen and oxygen atoms in total. The molecule has 0 amide bonds. The number of aromatic amines is 1. The Kier molecular flexibility index (Phi) is 2.68. The maximum atomic E-state index is 12.9. The van der Waals surface area contributed by atoms with Crippen LogP contribution in [-0.4, -0.2) is 17.2 Å². The van der Waals surface area contributed by atoms with Gasteiger partial charge in [0.2, 0.25) is 5.43 Å². The number of nitriles is 1. The molecule has 110 valence electrons. The van der Waals surface area contributed by atoms with Gasteiger partial charge in [-0.05, 0) is 30.4 Å². The van der Waals surface area contributed by atoms with Gasteiger partial charge in [0.05, 0.1) is 18.0 Å². The zero-order valence-electron chi connectivity index (χ0n) is 11.8. The second-order valence-electron chi connectivity index (χ2n) is 5.43. The number of H-pyrrole nitrogens is 1. The quantitative estimate of drug-likeness (QED) is 0.761. The van der Waals surface area contributed by atoms with Crippen molar-refractivity contribution in [1.82, 2.24) is 4.98 Å². The summed E-state index contributed by atoms with van der Waals surface area (Å²) in [5.74, 6) is 0.753. The van der Waals surface area contributed by atoms with E-state index in [0.29, 0.717) is 27.4 Å². The van der Waals surface area contributed by atoms with Gasteiger partial charge < -0.3 is 14.8 Å². The summed E-state index contributed by atoms with van der Waals surface area (Å²) in [5.41, 5.74) is 1.39. The van der Waals surface area contributed by atoms with Crippen molar-refractivity contribution < 1.29 is 9.84 Å². The summed E-state index contributed by atoms with van der Waals surface area (Å²) >= 11 is 1.08. The second-order valence-corrected chi connectivity index (χ2v) is 6.45. The monoisotopic (exact) mass is 312 g/mol. The lowest BCUT2D eigenvalue weighted by molar-refractivity contribution is 0.419. The van der Waals surface area contributed by atoms with E-state index in [2.05, 4.69) is 4.98 Å². The second kappa shape index (κ2) is 4.49. The lowest BCUT2D eigenvalue weighted by Gasteiger charge is -2.09. The van der Waals surface area contributed by atoms with Crippen LogP contribution in [-0.2, 0) is 0 Å². The smallest absolute Gasteiger partial charge is 0.202 e. The summed E-state index contributed by atoms with van der Waals surface area (Å²) in [7, 11) is 1.56. The van der Waals surface area contributed by atoms with E-state index in [4.69, 9.17) is 10.00 Å². The number of benzene rings is 1. The van der Waals surface area contributed by atoms with E-state index in [-0.39, 0.29) is 21.4 Å². The molecule has 3 aromatic rings. The standard InChI is InChI=1S/C16H12N2O3S/c1-21-9-5-4-8(7-2-3-7)11-13(9)18-16-12(15(11)20)14(19)10(6-17)22-16/h4-5,7,19H,2-3H2,1H3,(H,18,20). The first-order valence-electron chi connectivity index (χ1n) is 6.94. The number of thiophene rings is 1. The molecule has 1 aliphatic rings. The zero-order chi connectivity index (χ0) is 15.4. The molecule has 0 aliphatic heterocycles. The van der Waals surface area contributed by atoms with Gasteiger partial charge in [0.15, 0.2) is 5.75 Å². The van der Waals surface area contributed by atoms with Crippen molar-refractivity contribution in [2.75, 3.05) is 7.11 Å². The topological polar surface area (TPSA) is 86.1 Å². The van der Waals surface area contributed by atoms with E-state index in [1.165, 1.54) is 0 Å². The number of aromatic hydroxyl groups is 1. The van der Waals surface area contributed by atoms with Crippen molar-refractivity contribution in [3.05, 3.63) is 32.8 Å². The van der Waals surface area contributed by atoms with Crippen molar-refractivity contribution in [2.24, 2.45) is 0 Å². The fourth-order valence-corrected chi connectivity index (χ4v) is 3.80. The van der Waals surface area contributed by atoms with E-state index in [9.17, 15) is 9.90 Å². The molecule has 1 saturated carbocycles. The average Bonchev–Trinajstić information content (AvgIpc) is 3.31. The van der Waals surface area contributed by atoms with Crippen LogP contribution in [0, 0.1) is 11.3 Å². The van der Waals surface area contributed by atoms with Crippen LogP contribution in [0.15, 0.2) is 16.9 Å². The number of nitrogens with one attached hydrogen (secondary N) is 1. The number of nitrogens with zero attached hydrogens (tertiary/aromatic N) is 1. The van der Waals surface area contributed by atoms with Gasteiger partial charge in [-0.3, -0.25) is 4.79 Å². The molecule has 1 fully saturated rings. The molecule has 2 heterocycles. The molecule has 0 atom stereocenters. The van der Waals surface area contributed by atoms with Crippen LogP contribution in [0.1, 0.15) is 29.2 Å². The fraction of sp³-hybridized carbons (Fsp3) is 0.250. The summed E-state index contributed by atoms with van der Waals surface area (Å²) in [6, 6.07) is 5.71. The van der Waals surface area contributed by atoms with Gasteiger partial charge in [0, 0.05) is 0 Å². The summed E-state index contributed by atoms with van der Waals surface area (Å²) < 4.78 is 5.36. The molecule has 0 bridgehead atoms. The molecular weight excluding hydrogens is 300 g/mol. The van der Waals surface area contributed by atoms with Crippen LogP contribution in [0.2, 0.25) is 0 Å². The number of rotatable bonds is 2. The molecular formula is C16H12N2O3S. The number of pyridine rings is 1. The van der Waals surface area contributed by atoms with Gasteiger partial charge in [-0.2, -0.15) is 5.26 Å². The first-order valence-corrected chi connectivity index (χ1v) is 7.75. The molecule has 0 radical (unpaired) electrons. The third-order valence-corrected chi connectivity index (χ3v) is 5.11. The van der Waals surface area contributed by atoms with Gasteiger partial charge in [-0.15, -0.1) is 11.3 Å². The van der Waals surface area contributed by atoms with Gasteiger partial charge in [0.25, 0.3) is 0 Å². The third kappa shape index (κ3) is 1.66. The molecule has 4 rings (SSSR count). The largest absolute Gasteiger partial charge is 0.505 e. The predicted molar refractivity (Wildman–Crippen MR) is 84.9 cm³/mol. The molecule has 1 aliphatic carbocycles. The van der Waals surface area contributed by atoms with Crippen molar-refractivity contribution in [2.45, 2.75) is 18.8 Å². The number of methoxy groups -OCH3 is 1. The van der Waals surface area contributed by atoms with Gasteiger partial charge >= 0.3 is 0 Å². The lowest BCUT2D eigenvalue weighted by atomic mass is 10.0. The number of ether oxygens (including phenoxy) is 1. The van der Waals surface area contributed by atoms with Crippen molar-refractivity contribution >= 4 is 32.5 Å². The Morgan fingerprint density at radius 2 is 2.18 bits per heavy atom. The van der Waals surface area contributed by atoms with Crippen molar-refractivity contribution in [1.29, 1.82) is 5.26 Å². The number of hydrogen-bond acceptors (Lipinski definition) is 5. The van der Waals surface area contributed by atoms with Crippen LogP contribution >= 0.6 is 11.3 Å². The van der Waals surface area contributed by atoms with Gasteiger partial charge in [0.1, 0.15) is 26.9 Å². The van der Waals surface area contributed by atoms with Gasteiger partial charge in [-0.25, -0.2) is 0 Å². The normalized spacial score (nSPS) is 14.4. The van der Waals surface area contributed by atoms with Gasteiger partial charge in [-0.1, -0.05) is 6.07 Å². The molecule has 22 heavy (non-hydrogen) atoms. The van der Waals surface area contributed by atoms with Crippen LogP contribution in [0.4, 0.5) is 0 Å². The van der Waals surface area contributed by atoms with Crippen molar-refractivity contribution in [3.8, 4) is 17.6 Å². The molecule has 0 spiro atoms. The summed E-state index contributed by atoms with van der Waals surface area (Å²) in [5, 5.41) is 20.0. The Balaban J connectivity index is 2.23. The maximum Gasteiger partial charge on any atom is 0.202 e. The Labute approximate surface area is 129 Å². The third-order valence-electron chi connectivity index (χ3n) is 4.11. The molecule has 0 saturated heterocycles. The highest BCUT2D eigenvalue weighted by atomic mass is 32.1. The van der Waals surface area contributed by atoms with E-state index in [0.717, 1.165) is 29.7 Å². The van der Waals surface area contributed by atoms with E-state index in [1.54, 1.807) is 7.11 Å². The summed E-state index contributed by atoms with van der Waals surface area (Å²) in [6.07, 6.45) is 2.13. The number of aromatic nitrogens is 1. The van der Waals surface area contributed by atoms with E-state index >= 15 is 0 Å². The minimum absolute atomic E-state index is 0.144. The SMILES string of the molecule is COc1ccc(C2CC2)c2c(=O)c3c(O)c(C#N)sc3[nH]c12. The summed E-state index contributed by atoms with van der Waals surface area (Å²) in [4.78, 5) is 16.7. The van der Waals surface area contributed by atoms with E-state index in [1.807, 2.05) is 18.2 Å². The Hall–Kier alpha value is -2.52. The zero-order valence-corrected chi connectivity index (χ0v) is 12.6. The van der Waals surface area contributed by atoms with E-state index < -0.39 is 0 Å². The van der Waals surface area contributed by atoms with Crippen molar-refractivity contribution in [3.63, 3.8) is 0 Å². The Morgan fingerprint density at radius 3 is 2.82 bits per heavy atom. The maximum absolute atomic E-state index is 12.9. The Morgan fingerprint density at radius 1 is 1.41 bits per heavy atom. The molecule has 2 N–H and O–H groups in total. The first kappa shape index (κ1) is 13.2. The number of fused-ring (bicyclic) bond motifs is 2. The number of hydrogen-bond donors (Lipinski definition) is 2. The molecule has 2 aromatic heterocycles. The Bertz CT molecular complexity index is 1020. The highest BCUT2D eigenvalue weighted by molar-refractivity contribution is 7.19. The summed E-state index contributed by atoms with van der Waals surface area (Å²) in [6.45, 7) is 0. The van der Waals surface area contributed by atoms with Crippen LogP contribution < -0.4 is 10.2 Å². The highest BCUT2D eigenvalue weighted by Gasteiger charge is 2.28. The van der Waals surface area contributed by atoms with Crippen LogP contribution in [0.5, 0.6) is 11.5 Å².